The molecule has 0 saturated carbocycles. The Kier molecular flexibility index (Phi) is 10.2. The second kappa shape index (κ2) is 14.0. The number of phenolic OH excluding ortho intramolecular Hbond substituents is 1. The number of nitrogens with zero attached hydrogens (tertiary/aromatic N) is 1. The van der Waals surface area contributed by atoms with E-state index in [1.165, 1.54) is 30.6 Å². The first kappa shape index (κ1) is 29.1. The maximum absolute atomic E-state index is 13.8. The van der Waals surface area contributed by atoms with E-state index in [1.54, 1.807) is 12.1 Å². The molecule has 5 rings (SSSR count). The summed E-state index contributed by atoms with van der Waals surface area (Å²) in [5, 5.41) is 17.8. The predicted molar refractivity (Wildman–Crippen MR) is 159 cm³/mol. The molecular weight excluding hydrogens is 526 g/mol. The molecule has 0 amide bonds. The number of piperidine rings is 1. The third-order valence-corrected chi connectivity index (χ3v) is 7.83. The van der Waals surface area contributed by atoms with Gasteiger partial charge in [-0.25, -0.2) is 0 Å². The van der Waals surface area contributed by atoms with Gasteiger partial charge < -0.3 is 19.7 Å². The average molecular weight is 562 g/mol. The molecule has 8 heteroatoms. The van der Waals surface area contributed by atoms with E-state index < -0.39 is 0 Å². The SMILES string of the molecule is CC(C)Oc1ccc(-c2sc3cc(O)ccc3c2C(=O)c2ccc(OCCN3CCCCC3)cc2)cc1.O=CO. The molecule has 0 atom stereocenters. The van der Waals surface area contributed by atoms with Crippen molar-refractivity contribution in [1.29, 1.82) is 0 Å². The van der Waals surface area contributed by atoms with E-state index in [0.717, 1.165) is 51.7 Å². The number of thiophene rings is 1. The molecular formula is C32H35NO6S. The molecule has 0 aliphatic carbocycles. The van der Waals surface area contributed by atoms with Gasteiger partial charge in [0.2, 0.25) is 0 Å². The van der Waals surface area contributed by atoms with Gasteiger partial charge in [0.25, 0.3) is 6.47 Å². The Bertz CT molecular complexity index is 1410. The lowest BCUT2D eigenvalue weighted by molar-refractivity contribution is -0.122. The summed E-state index contributed by atoms with van der Waals surface area (Å²) in [4.78, 5) is 25.5. The maximum Gasteiger partial charge on any atom is 0.290 e. The van der Waals surface area contributed by atoms with Crippen LogP contribution in [0.4, 0.5) is 0 Å². The van der Waals surface area contributed by atoms with E-state index in [4.69, 9.17) is 19.4 Å². The van der Waals surface area contributed by atoms with Gasteiger partial charge >= 0.3 is 0 Å². The first-order chi connectivity index (χ1) is 19.4. The van der Waals surface area contributed by atoms with E-state index in [9.17, 15) is 9.90 Å². The number of hydrogen-bond donors (Lipinski definition) is 2. The molecule has 2 heterocycles. The van der Waals surface area contributed by atoms with E-state index in [-0.39, 0.29) is 24.1 Å². The van der Waals surface area contributed by atoms with Crippen molar-refractivity contribution in [3.63, 3.8) is 0 Å². The molecule has 1 aliphatic rings. The lowest BCUT2D eigenvalue weighted by atomic mass is 9.97. The average Bonchev–Trinajstić information content (AvgIpc) is 3.32. The highest BCUT2D eigenvalue weighted by molar-refractivity contribution is 7.22. The number of carbonyl (C=O) groups excluding carboxylic acids is 1. The van der Waals surface area contributed by atoms with Crippen molar-refractivity contribution in [2.45, 2.75) is 39.2 Å². The van der Waals surface area contributed by atoms with E-state index >= 15 is 0 Å². The quantitative estimate of drug-likeness (QED) is 0.170. The van der Waals surface area contributed by atoms with Crippen LogP contribution in [0.3, 0.4) is 0 Å². The molecule has 0 unspecified atom stereocenters. The molecule has 0 radical (unpaired) electrons. The molecule has 1 aliphatic heterocycles. The number of rotatable bonds is 9. The second-order valence-corrected chi connectivity index (χ2v) is 10.9. The highest BCUT2D eigenvalue weighted by Crippen LogP contribution is 2.41. The molecule has 7 nitrogen and oxygen atoms in total. The number of phenols is 1. The minimum absolute atomic E-state index is 0.0469. The number of aromatic hydroxyl groups is 1. The molecule has 1 saturated heterocycles. The molecule has 0 spiro atoms. The van der Waals surface area contributed by atoms with Crippen molar-refractivity contribution < 1.29 is 29.3 Å². The van der Waals surface area contributed by atoms with E-state index in [0.29, 0.717) is 17.7 Å². The summed E-state index contributed by atoms with van der Waals surface area (Å²) in [6.07, 6.45) is 3.95. The Labute approximate surface area is 238 Å². The van der Waals surface area contributed by atoms with Gasteiger partial charge in [0.05, 0.1) is 6.10 Å². The van der Waals surface area contributed by atoms with Crippen molar-refractivity contribution in [3.8, 4) is 27.7 Å². The van der Waals surface area contributed by atoms with Crippen LogP contribution in [0.25, 0.3) is 20.5 Å². The minimum atomic E-state index is -0.250. The monoisotopic (exact) mass is 561 g/mol. The first-order valence-electron chi connectivity index (χ1n) is 13.5. The van der Waals surface area contributed by atoms with Crippen molar-refractivity contribution in [2.24, 2.45) is 0 Å². The lowest BCUT2D eigenvalue weighted by Crippen LogP contribution is -2.33. The zero-order valence-corrected chi connectivity index (χ0v) is 23.7. The van der Waals surface area contributed by atoms with Gasteiger partial charge in [-0.2, -0.15) is 0 Å². The highest BCUT2D eigenvalue weighted by Gasteiger charge is 2.22. The summed E-state index contributed by atoms with van der Waals surface area (Å²) < 4.78 is 12.6. The number of ether oxygens (including phenoxy) is 2. The number of ketones is 1. The molecule has 210 valence electrons. The number of likely N-dealkylation sites (tertiary alicyclic amines) is 1. The van der Waals surface area contributed by atoms with E-state index in [1.807, 2.05) is 68.4 Å². The minimum Gasteiger partial charge on any atom is -0.508 e. The number of benzene rings is 3. The maximum atomic E-state index is 13.8. The molecule has 3 aromatic carbocycles. The summed E-state index contributed by atoms with van der Waals surface area (Å²) in [5.74, 6) is 1.70. The fraction of sp³-hybridized carbons (Fsp3) is 0.312. The smallest absolute Gasteiger partial charge is 0.290 e. The second-order valence-electron chi connectivity index (χ2n) is 9.89. The Morgan fingerprint density at radius 2 is 1.62 bits per heavy atom. The first-order valence-corrected chi connectivity index (χ1v) is 14.3. The fourth-order valence-electron chi connectivity index (χ4n) is 4.79. The normalized spacial score (nSPS) is 13.5. The third kappa shape index (κ3) is 7.40. The van der Waals surface area contributed by atoms with Crippen LogP contribution in [0.1, 0.15) is 49.0 Å². The summed E-state index contributed by atoms with van der Waals surface area (Å²) in [6.45, 7) is 7.62. The van der Waals surface area contributed by atoms with Gasteiger partial charge in [-0.1, -0.05) is 6.42 Å². The summed E-state index contributed by atoms with van der Waals surface area (Å²) in [7, 11) is 0. The van der Waals surface area contributed by atoms with Crippen LogP contribution in [0.5, 0.6) is 17.2 Å². The summed E-state index contributed by atoms with van der Waals surface area (Å²) >= 11 is 1.51. The van der Waals surface area contributed by atoms with Crippen LogP contribution in [0, 0.1) is 0 Å². The van der Waals surface area contributed by atoms with E-state index in [2.05, 4.69) is 4.90 Å². The van der Waals surface area contributed by atoms with Crippen LogP contribution < -0.4 is 9.47 Å². The van der Waals surface area contributed by atoms with Crippen LogP contribution in [0.2, 0.25) is 0 Å². The Morgan fingerprint density at radius 3 is 2.27 bits per heavy atom. The molecule has 1 aromatic heterocycles. The molecule has 0 bridgehead atoms. The molecule has 4 aromatic rings. The number of fused-ring (bicyclic) bond motifs is 1. The van der Waals surface area contributed by atoms with Gasteiger partial charge in [-0.3, -0.25) is 14.5 Å². The lowest BCUT2D eigenvalue weighted by Gasteiger charge is -2.26. The van der Waals surface area contributed by atoms with Gasteiger partial charge in [0.1, 0.15) is 23.9 Å². The van der Waals surface area contributed by atoms with Crippen LogP contribution in [-0.4, -0.2) is 59.7 Å². The Hall–Kier alpha value is -3.88. The van der Waals surface area contributed by atoms with Crippen molar-refractivity contribution in [3.05, 3.63) is 77.9 Å². The Balaban J connectivity index is 0.00000118. The number of carbonyl (C=O) groups is 2. The van der Waals surface area contributed by atoms with Crippen molar-refractivity contribution in [2.75, 3.05) is 26.2 Å². The third-order valence-electron chi connectivity index (χ3n) is 6.63. The topological polar surface area (TPSA) is 96.3 Å². The van der Waals surface area contributed by atoms with Crippen LogP contribution >= 0.6 is 11.3 Å². The molecule has 40 heavy (non-hydrogen) atoms. The number of hydrogen-bond acceptors (Lipinski definition) is 7. The van der Waals surface area contributed by atoms with Gasteiger partial charge in [-0.15, -0.1) is 11.3 Å². The summed E-state index contributed by atoms with van der Waals surface area (Å²) in [5.41, 5.74) is 2.20. The largest absolute Gasteiger partial charge is 0.508 e. The predicted octanol–water partition coefficient (Wildman–Crippen LogP) is 6.86. The van der Waals surface area contributed by atoms with Gasteiger partial charge in [0, 0.05) is 32.6 Å². The standard InChI is InChI=1S/C31H33NO4S.CH2O2/c1-21(2)36-26-13-8-23(9-14-26)31-29(27-15-10-24(33)20-28(27)37-31)30(34)22-6-11-25(12-7-22)35-19-18-32-16-4-3-5-17-32;2-1-3/h6-15,20-21,33H,3-5,16-19H2,1-2H3;1H,(H,2,3). The molecule has 1 fully saturated rings. The van der Waals surface area contributed by atoms with Crippen LogP contribution in [0.15, 0.2) is 66.7 Å². The highest BCUT2D eigenvalue weighted by atomic mass is 32.1. The van der Waals surface area contributed by atoms with Gasteiger partial charge in [-0.05, 0) is 112 Å². The zero-order chi connectivity index (χ0) is 28.5. The van der Waals surface area contributed by atoms with Gasteiger partial charge in [0.15, 0.2) is 5.78 Å². The summed E-state index contributed by atoms with van der Waals surface area (Å²) in [6, 6.07) is 20.4. The number of carboxylic acid groups (broad SMARTS) is 1. The van der Waals surface area contributed by atoms with Crippen molar-refractivity contribution >= 4 is 33.7 Å². The molecule has 2 N–H and O–H groups in total. The van der Waals surface area contributed by atoms with Crippen molar-refractivity contribution in [1.82, 2.24) is 4.90 Å². The fourth-order valence-corrected chi connectivity index (χ4v) is 6.03. The zero-order valence-electron chi connectivity index (χ0n) is 22.8. The van der Waals surface area contributed by atoms with Crippen LogP contribution in [-0.2, 0) is 4.79 Å². The Morgan fingerprint density at radius 1 is 0.975 bits per heavy atom.